The number of carbonyl (C=O) groups excluding carboxylic acids is 3. The SMILES string of the molecule is CCCCCCCC/C=C/CCCCCCCC(=O)OCC(CO)(COC(=O)CCCCCCC/C=C/CCCCCCCC)N(CC(=O)O)C(=O)C/C=C/CCCCCCCC. The number of carboxylic acid groups (broad SMARTS) is 1. The number of nitrogens with zero attached hydrogens (tertiary/aromatic N) is 1. The van der Waals surface area contributed by atoms with Crippen LogP contribution >= 0.6 is 0 Å². The molecule has 2 N–H and O–H groups in total. The maximum Gasteiger partial charge on any atom is 0.323 e. The number of esters is 2. The molecule has 366 valence electrons. The lowest BCUT2D eigenvalue weighted by molar-refractivity contribution is -0.169. The predicted molar refractivity (Wildman–Crippen MR) is 262 cm³/mol. The second-order valence-electron chi connectivity index (χ2n) is 18.0. The van der Waals surface area contributed by atoms with Crippen molar-refractivity contribution < 1.29 is 38.9 Å². The molecule has 0 aromatic rings. The van der Waals surface area contributed by atoms with E-state index in [1.807, 2.05) is 6.08 Å². The highest BCUT2D eigenvalue weighted by Crippen LogP contribution is 2.21. The number of ether oxygens (including phenoxy) is 2. The zero-order valence-electron chi connectivity index (χ0n) is 41.0. The van der Waals surface area contributed by atoms with Gasteiger partial charge < -0.3 is 24.6 Å². The van der Waals surface area contributed by atoms with Crippen molar-refractivity contribution in [3.05, 3.63) is 36.5 Å². The summed E-state index contributed by atoms with van der Waals surface area (Å²) in [6.45, 7) is 4.25. The van der Waals surface area contributed by atoms with Crippen LogP contribution in [0.1, 0.15) is 252 Å². The monoisotopic (exact) mass is 888 g/mol. The van der Waals surface area contributed by atoms with Gasteiger partial charge in [0.25, 0.3) is 0 Å². The minimum Gasteiger partial charge on any atom is -0.480 e. The Morgan fingerprint density at radius 3 is 1.06 bits per heavy atom. The van der Waals surface area contributed by atoms with Gasteiger partial charge >= 0.3 is 17.9 Å². The standard InChI is InChI=1S/C54H97NO8/c1-4-7-10-13-16-19-21-23-25-27-29-32-35-38-41-44-52(60)62-48-54(47-56,55(46-51(58)59)50(57)43-40-37-34-31-18-15-12-9-6-3)49-63-53(61)45-42-39-36-33-30-28-26-24-22-20-17-14-11-8-5-2/h23-26,37,40,56H,4-22,27-36,38-39,41-49H2,1-3H3,(H,58,59)/b25-23+,26-24+,40-37+. The number of hydrogen-bond acceptors (Lipinski definition) is 7. The van der Waals surface area contributed by atoms with Crippen LogP contribution in [-0.2, 0) is 28.7 Å². The molecule has 0 radical (unpaired) electrons. The molecule has 1 amide bonds. The Hall–Kier alpha value is -2.94. The van der Waals surface area contributed by atoms with Crippen LogP contribution in [0.15, 0.2) is 36.5 Å². The molecule has 0 atom stereocenters. The Morgan fingerprint density at radius 2 is 0.746 bits per heavy atom. The van der Waals surface area contributed by atoms with Gasteiger partial charge in [-0.05, 0) is 77.0 Å². The first-order valence-electron chi connectivity index (χ1n) is 26.2. The zero-order chi connectivity index (χ0) is 46.3. The molecule has 0 aliphatic rings. The van der Waals surface area contributed by atoms with Crippen LogP contribution in [0.3, 0.4) is 0 Å². The number of aliphatic hydroxyl groups excluding tert-OH is 1. The number of rotatable bonds is 47. The lowest BCUT2D eigenvalue weighted by Gasteiger charge is -2.40. The summed E-state index contributed by atoms with van der Waals surface area (Å²) in [5.74, 6) is -2.82. The van der Waals surface area contributed by atoms with Gasteiger partial charge in [-0.1, -0.05) is 192 Å². The molecule has 0 aromatic heterocycles. The number of unbranched alkanes of at least 4 members (excludes halogenated alkanes) is 28. The summed E-state index contributed by atoms with van der Waals surface area (Å²) >= 11 is 0. The zero-order valence-corrected chi connectivity index (χ0v) is 41.0. The summed E-state index contributed by atoms with van der Waals surface area (Å²) < 4.78 is 11.3. The Kier molecular flexibility index (Phi) is 43.5. The Labute approximate surface area is 386 Å². The van der Waals surface area contributed by atoms with E-state index < -0.39 is 55.7 Å². The Morgan fingerprint density at radius 1 is 0.444 bits per heavy atom. The molecular weight excluding hydrogens is 791 g/mol. The fourth-order valence-electron chi connectivity index (χ4n) is 7.74. The topological polar surface area (TPSA) is 130 Å². The van der Waals surface area contributed by atoms with Crippen molar-refractivity contribution in [3.63, 3.8) is 0 Å². The van der Waals surface area contributed by atoms with Crippen LogP contribution in [0.25, 0.3) is 0 Å². The highest BCUT2D eigenvalue weighted by Gasteiger charge is 2.43. The van der Waals surface area contributed by atoms with Crippen LogP contribution in [0, 0.1) is 0 Å². The fraction of sp³-hybridized carbons (Fsp3) is 0.815. The van der Waals surface area contributed by atoms with Gasteiger partial charge in [0.1, 0.15) is 25.3 Å². The molecule has 0 unspecified atom stereocenters. The van der Waals surface area contributed by atoms with Gasteiger partial charge in [0, 0.05) is 19.3 Å². The second-order valence-corrected chi connectivity index (χ2v) is 18.0. The van der Waals surface area contributed by atoms with Crippen molar-refractivity contribution in [2.24, 2.45) is 0 Å². The van der Waals surface area contributed by atoms with E-state index in [9.17, 15) is 29.4 Å². The average Bonchev–Trinajstić information content (AvgIpc) is 3.27. The third kappa shape index (κ3) is 38.1. The molecule has 0 heterocycles. The maximum absolute atomic E-state index is 13.6. The van der Waals surface area contributed by atoms with E-state index in [2.05, 4.69) is 45.1 Å². The molecule has 0 saturated carbocycles. The van der Waals surface area contributed by atoms with E-state index in [1.165, 1.54) is 103 Å². The molecule has 0 bridgehead atoms. The number of hydrogen-bond donors (Lipinski definition) is 2. The van der Waals surface area contributed by atoms with Gasteiger partial charge in [0.15, 0.2) is 0 Å². The molecule has 0 fully saturated rings. The Balaban J connectivity index is 5.09. The third-order valence-electron chi connectivity index (χ3n) is 11.9. The number of carboxylic acids is 1. The van der Waals surface area contributed by atoms with Crippen molar-refractivity contribution in [3.8, 4) is 0 Å². The van der Waals surface area contributed by atoms with Crippen LogP contribution < -0.4 is 0 Å². The van der Waals surface area contributed by atoms with Gasteiger partial charge in [0.2, 0.25) is 5.91 Å². The van der Waals surface area contributed by atoms with Crippen LogP contribution in [0.4, 0.5) is 0 Å². The molecule has 9 heteroatoms. The van der Waals surface area contributed by atoms with Crippen LogP contribution in [0.5, 0.6) is 0 Å². The summed E-state index contributed by atoms with van der Waals surface area (Å²) in [5.41, 5.74) is -1.74. The molecule has 63 heavy (non-hydrogen) atoms. The van der Waals surface area contributed by atoms with Gasteiger partial charge in [-0.15, -0.1) is 0 Å². The van der Waals surface area contributed by atoms with E-state index in [1.54, 1.807) is 6.08 Å². The number of allylic oxidation sites excluding steroid dienone is 5. The highest BCUT2D eigenvalue weighted by molar-refractivity contribution is 5.83. The van der Waals surface area contributed by atoms with Crippen LogP contribution in [-0.4, -0.2) is 70.8 Å². The first-order valence-corrected chi connectivity index (χ1v) is 26.2. The predicted octanol–water partition coefficient (Wildman–Crippen LogP) is 14.5. The van der Waals surface area contributed by atoms with Gasteiger partial charge in [-0.25, -0.2) is 0 Å². The van der Waals surface area contributed by atoms with E-state index in [0.29, 0.717) is 12.8 Å². The third-order valence-corrected chi connectivity index (χ3v) is 11.9. The fourth-order valence-corrected chi connectivity index (χ4v) is 7.74. The lowest BCUT2D eigenvalue weighted by Crippen LogP contribution is -2.62. The first kappa shape index (κ1) is 60.1. The minimum absolute atomic E-state index is 0.0867. The average molecular weight is 888 g/mol. The van der Waals surface area contributed by atoms with E-state index in [-0.39, 0.29) is 19.3 Å². The number of aliphatic hydroxyl groups is 1. The highest BCUT2D eigenvalue weighted by atomic mass is 16.6. The Bertz CT molecular complexity index is 1120. The van der Waals surface area contributed by atoms with Crippen molar-refractivity contribution in [2.75, 3.05) is 26.4 Å². The number of amides is 1. The molecule has 0 saturated heterocycles. The van der Waals surface area contributed by atoms with E-state index in [0.717, 1.165) is 101 Å². The molecule has 9 nitrogen and oxygen atoms in total. The first-order chi connectivity index (χ1) is 30.8. The number of carbonyl (C=O) groups is 4. The van der Waals surface area contributed by atoms with Crippen molar-refractivity contribution in [1.82, 2.24) is 4.90 Å². The van der Waals surface area contributed by atoms with Crippen molar-refractivity contribution in [1.29, 1.82) is 0 Å². The van der Waals surface area contributed by atoms with E-state index in [4.69, 9.17) is 9.47 Å². The quantitative estimate of drug-likeness (QED) is 0.0351. The molecule has 0 aliphatic heterocycles. The van der Waals surface area contributed by atoms with Crippen LogP contribution in [0.2, 0.25) is 0 Å². The minimum atomic E-state index is -1.74. The normalized spacial score (nSPS) is 11.9. The largest absolute Gasteiger partial charge is 0.480 e. The van der Waals surface area contributed by atoms with Gasteiger partial charge in [0.05, 0.1) is 6.61 Å². The molecule has 0 aromatic carbocycles. The summed E-state index contributed by atoms with van der Waals surface area (Å²) in [4.78, 5) is 52.7. The lowest BCUT2D eigenvalue weighted by atomic mass is 9.99. The van der Waals surface area contributed by atoms with Gasteiger partial charge in [-0.3, -0.25) is 19.2 Å². The summed E-state index contributed by atoms with van der Waals surface area (Å²) in [5, 5.41) is 20.7. The summed E-state index contributed by atoms with van der Waals surface area (Å²) in [6, 6.07) is 0. The molecular formula is C54H97NO8. The maximum atomic E-state index is 13.6. The molecule has 0 aliphatic carbocycles. The summed E-state index contributed by atoms with van der Waals surface area (Å²) in [7, 11) is 0. The van der Waals surface area contributed by atoms with Gasteiger partial charge in [-0.2, -0.15) is 0 Å². The van der Waals surface area contributed by atoms with Crippen molar-refractivity contribution in [2.45, 2.75) is 257 Å². The van der Waals surface area contributed by atoms with Crippen molar-refractivity contribution >= 4 is 23.8 Å². The molecule has 0 rings (SSSR count). The smallest absolute Gasteiger partial charge is 0.323 e. The number of aliphatic carboxylic acids is 1. The molecule has 0 spiro atoms. The second kappa shape index (κ2) is 45.6. The summed E-state index contributed by atoms with van der Waals surface area (Å²) in [6.07, 6.45) is 50.6. The van der Waals surface area contributed by atoms with E-state index >= 15 is 0 Å².